The zero-order chi connectivity index (χ0) is 14.8. The van der Waals surface area contributed by atoms with Gasteiger partial charge in [-0.1, -0.05) is 12.0 Å². The van der Waals surface area contributed by atoms with Crippen LogP contribution >= 0.6 is 0 Å². The molecule has 2 rings (SSSR count). The number of benzene rings is 1. The molecule has 2 N–H and O–H groups in total. The second-order valence-electron chi connectivity index (χ2n) is 4.91. The Kier molecular flexibility index (Phi) is 4.33. The molecule has 1 fully saturated rings. The van der Waals surface area contributed by atoms with Crippen LogP contribution in [0.15, 0.2) is 23.1 Å². The van der Waals surface area contributed by atoms with Crippen LogP contribution in [-0.2, 0) is 10.0 Å². The van der Waals surface area contributed by atoms with Gasteiger partial charge in [-0.2, -0.15) is 4.31 Å². The third kappa shape index (κ3) is 2.96. The zero-order valence-electron chi connectivity index (χ0n) is 11.5. The number of hydrogen-bond acceptors (Lipinski definition) is 4. The minimum Gasteiger partial charge on any atom is -0.399 e. The molecular weight excluding hydrogens is 274 g/mol. The van der Waals surface area contributed by atoms with Crippen LogP contribution in [0.5, 0.6) is 0 Å². The minimum absolute atomic E-state index is 0.294. The van der Waals surface area contributed by atoms with Gasteiger partial charge in [0.2, 0.25) is 10.0 Å². The lowest BCUT2D eigenvalue weighted by Gasteiger charge is -2.33. The van der Waals surface area contributed by atoms with E-state index in [9.17, 15) is 8.42 Å². The smallest absolute Gasteiger partial charge is 0.243 e. The number of piperazine rings is 1. The van der Waals surface area contributed by atoms with Gasteiger partial charge in [0, 0.05) is 31.9 Å². The molecule has 0 spiro atoms. The third-order valence-corrected chi connectivity index (χ3v) is 5.52. The van der Waals surface area contributed by atoms with Crippen molar-refractivity contribution in [2.75, 3.05) is 38.5 Å². The first-order chi connectivity index (χ1) is 9.45. The Labute approximate surface area is 120 Å². The van der Waals surface area contributed by atoms with Gasteiger partial charge in [0.1, 0.15) is 0 Å². The Bertz CT molecular complexity index is 626. The van der Waals surface area contributed by atoms with Crippen molar-refractivity contribution < 1.29 is 8.42 Å². The molecule has 0 aliphatic carbocycles. The molecule has 1 heterocycles. The number of nitrogen functional groups attached to an aromatic ring is 1. The summed E-state index contributed by atoms with van der Waals surface area (Å²) >= 11 is 0. The van der Waals surface area contributed by atoms with E-state index in [2.05, 4.69) is 10.8 Å². The highest BCUT2D eigenvalue weighted by molar-refractivity contribution is 7.89. The summed E-state index contributed by atoms with van der Waals surface area (Å²) in [6.07, 6.45) is 5.27. The second kappa shape index (κ2) is 5.83. The van der Waals surface area contributed by atoms with Crippen molar-refractivity contribution in [1.29, 1.82) is 0 Å². The number of hydrogen-bond donors (Lipinski definition) is 1. The van der Waals surface area contributed by atoms with Gasteiger partial charge in [0.25, 0.3) is 0 Å². The van der Waals surface area contributed by atoms with Crippen LogP contribution < -0.4 is 5.73 Å². The standard InChI is InChI=1S/C14H19N3O2S/c1-3-6-16-7-9-17(10-8-16)20(18,19)14-11-13(15)5-4-12(14)2/h1,4-5,11H,6-10,15H2,2H3. The highest BCUT2D eigenvalue weighted by Gasteiger charge is 2.29. The molecular formula is C14H19N3O2S. The van der Waals surface area contributed by atoms with Gasteiger partial charge >= 0.3 is 0 Å². The molecule has 0 atom stereocenters. The van der Waals surface area contributed by atoms with Gasteiger partial charge in [0.15, 0.2) is 0 Å². The number of anilines is 1. The summed E-state index contributed by atoms with van der Waals surface area (Å²) in [4.78, 5) is 2.36. The monoisotopic (exact) mass is 293 g/mol. The van der Waals surface area contributed by atoms with Gasteiger partial charge in [-0.25, -0.2) is 8.42 Å². The van der Waals surface area contributed by atoms with Gasteiger partial charge < -0.3 is 5.73 Å². The van der Waals surface area contributed by atoms with Gasteiger partial charge in [-0.05, 0) is 24.6 Å². The first kappa shape index (κ1) is 14.9. The summed E-state index contributed by atoms with van der Waals surface area (Å²) in [6.45, 7) is 4.57. The lowest BCUT2D eigenvalue weighted by molar-refractivity contribution is 0.207. The van der Waals surface area contributed by atoms with E-state index in [1.165, 1.54) is 10.4 Å². The van der Waals surface area contributed by atoms with Crippen molar-refractivity contribution in [1.82, 2.24) is 9.21 Å². The number of rotatable bonds is 3. The van der Waals surface area contributed by atoms with Crippen LogP contribution in [0.3, 0.4) is 0 Å². The summed E-state index contributed by atoms with van der Waals surface area (Å²) in [5.41, 5.74) is 6.87. The fourth-order valence-corrected chi connectivity index (χ4v) is 3.97. The Morgan fingerprint density at radius 2 is 1.95 bits per heavy atom. The predicted octanol–water partition coefficient (Wildman–Crippen LogP) is 0.517. The maximum absolute atomic E-state index is 12.6. The van der Waals surface area contributed by atoms with E-state index in [4.69, 9.17) is 12.2 Å². The van der Waals surface area contributed by atoms with E-state index in [0.717, 1.165) is 0 Å². The van der Waals surface area contributed by atoms with Crippen LogP contribution in [0.25, 0.3) is 0 Å². The first-order valence-corrected chi connectivity index (χ1v) is 7.91. The zero-order valence-corrected chi connectivity index (χ0v) is 12.4. The van der Waals surface area contributed by atoms with Crippen molar-refractivity contribution in [3.8, 4) is 12.3 Å². The summed E-state index contributed by atoms with van der Waals surface area (Å²) in [5.74, 6) is 2.58. The summed E-state index contributed by atoms with van der Waals surface area (Å²) in [7, 11) is -3.48. The summed E-state index contributed by atoms with van der Waals surface area (Å²) in [6, 6.07) is 4.97. The maximum Gasteiger partial charge on any atom is 0.243 e. The third-order valence-electron chi connectivity index (χ3n) is 3.48. The lowest BCUT2D eigenvalue weighted by atomic mass is 10.2. The van der Waals surface area contributed by atoms with Crippen molar-refractivity contribution in [3.05, 3.63) is 23.8 Å². The van der Waals surface area contributed by atoms with E-state index in [-0.39, 0.29) is 0 Å². The Morgan fingerprint density at radius 3 is 2.55 bits per heavy atom. The molecule has 0 radical (unpaired) electrons. The number of terminal acetylenes is 1. The minimum atomic E-state index is -3.48. The van der Waals surface area contributed by atoms with Crippen molar-refractivity contribution in [2.24, 2.45) is 0 Å². The fourth-order valence-electron chi connectivity index (χ4n) is 2.29. The normalized spacial score (nSPS) is 17.8. The topological polar surface area (TPSA) is 66.6 Å². The number of aryl methyl sites for hydroxylation is 1. The quantitative estimate of drug-likeness (QED) is 0.651. The van der Waals surface area contributed by atoms with E-state index < -0.39 is 10.0 Å². The summed E-state index contributed by atoms with van der Waals surface area (Å²) < 4.78 is 26.8. The number of nitrogens with two attached hydrogens (primary N) is 1. The van der Waals surface area contributed by atoms with Gasteiger partial charge in [-0.3, -0.25) is 4.90 Å². The van der Waals surface area contributed by atoms with E-state index in [1.807, 2.05) is 0 Å². The Hall–Kier alpha value is -1.55. The van der Waals surface area contributed by atoms with Crippen molar-refractivity contribution in [2.45, 2.75) is 11.8 Å². The molecule has 108 valence electrons. The Balaban J connectivity index is 2.20. The molecule has 1 saturated heterocycles. The molecule has 0 amide bonds. The van der Waals surface area contributed by atoms with Crippen LogP contribution in [0.2, 0.25) is 0 Å². The van der Waals surface area contributed by atoms with Crippen molar-refractivity contribution >= 4 is 15.7 Å². The van der Waals surface area contributed by atoms with Crippen molar-refractivity contribution in [3.63, 3.8) is 0 Å². The van der Waals surface area contributed by atoms with Crippen LogP contribution in [0.4, 0.5) is 5.69 Å². The highest BCUT2D eigenvalue weighted by atomic mass is 32.2. The van der Waals surface area contributed by atoms with Gasteiger partial charge in [0.05, 0.1) is 11.4 Å². The molecule has 0 unspecified atom stereocenters. The maximum atomic E-state index is 12.6. The molecule has 0 aromatic heterocycles. The molecule has 0 bridgehead atoms. The van der Waals surface area contributed by atoms with E-state index in [1.54, 1.807) is 19.1 Å². The average molecular weight is 293 g/mol. The largest absolute Gasteiger partial charge is 0.399 e. The molecule has 20 heavy (non-hydrogen) atoms. The molecule has 1 aliphatic rings. The average Bonchev–Trinajstić information content (AvgIpc) is 2.42. The van der Waals surface area contributed by atoms with E-state index in [0.29, 0.717) is 48.9 Å². The lowest BCUT2D eigenvalue weighted by Crippen LogP contribution is -2.48. The molecule has 5 nitrogen and oxygen atoms in total. The van der Waals surface area contributed by atoms with Gasteiger partial charge in [-0.15, -0.1) is 6.42 Å². The Morgan fingerprint density at radius 1 is 1.30 bits per heavy atom. The van der Waals surface area contributed by atoms with Crippen LogP contribution in [0, 0.1) is 19.3 Å². The fraction of sp³-hybridized carbons (Fsp3) is 0.429. The first-order valence-electron chi connectivity index (χ1n) is 6.47. The predicted molar refractivity (Wildman–Crippen MR) is 79.6 cm³/mol. The summed E-state index contributed by atoms with van der Waals surface area (Å²) in [5, 5.41) is 0. The van der Waals surface area contributed by atoms with E-state index >= 15 is 0 Å². The molecule has 6 heteroatoms. The molecule has 1 aromatic rings. The molecule has 1 aromatic carbocycles. The second-order valence-corrected chi connectivity index (χ2v) is 6.82. The van der Waals surface area contributed by atoms with Crippen LogP contribution in [-0.4, -0.2) is 50.3 Å². The number of sulfonamides is 1. The highest BCUT2D eigenvalue weighted by Crippen LogP contribution is 2.23. The SMILES string of the molecule is C#CCN1CCN(S(=O)(=O)c2cc(N)ccc2C)CC1. The molecule has 0 saturated carbocycles. The van der Waals surface area contributed by atoms with Crippen LogP contribution in [0.1, 0.15) is 5.56 Å². The number of nitrogens with zero attached hydrogens (tertiary/aromatic N) is 2. The molecule has 1 aliphatic heterocycles.